The lowest BCUT2D eigenvalue weighted by atomic mass is 10.2. The minimum atomic E-state index is -4.47. The van der Waals surface area contributed by atoms with Gasteiger partial charge in [-0.15, -0.1) is 0 Å². The number of benzene rings is 1. The maximum absolute atomic E-state index is 12.5. The second-order valence-electron chi connectivity index (χ2n) is 4.92. The Morgan fingerprint density at radius 1 is 1.12 bits per heavy atom. The molecule has 11 heteroatoms. The number of carbonyl (C=O) groups excluding carboxylic acids is 2. The Morgan fingerprint density at radius 3 is 2.46 bits per heavy atom. The first kappa shape index (κ1) is 19.2. The first-order valence-electron chi connectivity index (χ1n) is 7.25. The molecule has 1 aromatic heterocycles. The Balaban J connectivity index is 2.24. The second kappa shape index (κ2) is 7.87. The SMILES string of the molecule is COC(=O)c1ccccc1S(=O)(=O)C(=O)NCc1nc(C)nc(OC)n1. The number of aryl methyl sites for hydroxylation is 1. The van der Waals surface area contributed by atoms with Crippen LogP contribution in [0.3, 0.4) is 0 Å². The lowest BCUT2D eigenvalue weighted by molar-refractivity contribution is 0.0596. The standard InChI is InChI=1S/C15H16N4O6S/c1-9-17-12(19-14(18-9)25-3)8-16-15(21)26(22,23)11-7-5-4-6-10(11)13(20)24-2/h4-7H,8H2,1-3H3,(H,16,21). The minimum Gasteiger partial charge on any atom is -0.467 e. The molecule has 0 bridgehead atoms. The first-order chi connectivity index (χ1) is 12.3. The second-order valence-corrected chi connectivity index (χ2v) is 6.74. The predicted octanol–water partition coefficient (Wildman–Crippen LogP) is 0.659. The number of rotatable bonds is 5. The monoisotopic (exact) mass is 380 g/mol. The molecule has 0 atom stereocenters. The third-order valence-corrected chi connectivity index (χ3v) is 4.74. The molecular formula is C15H16N4O6S. The summed E-state index contributed by atoms with van der Waals surface area (Å²) in [6.45, 7) is 1.33. The third-order valence-electron chi connectivity index (χ3n) is 3.17. The molecule has 0 fully saturated rings. The molecular weight excluding hydrogens is 364 g/mol. The van der Waals surface area contributed by atoms with Gasteiger partial charge in [0.15, 0.2) is 5.82 Å². The molecule has 1 aromatic carbocycles. The van der Waals surface area contributed by atoms with Gasteiger partial charge in [0.05, 0.1) is 31.2 Å². The molecule has 0 radical (unpaired) electrons. The zero-order chi connectivity index (χ0) is 19.3. The van der Waals surface area contributed by atoms with Gasteiger partial charge in [-0.05, 0) is 19.1 Å². The van der Waals surface area contributed by atoms with Crippen molar-refractivity contribution in [3.8, 4) is 6.01 Å². The molecule has 0 saturated heterocycles. The lowest BCUT2D eigenvalue weighted by Gasteiger charge is -2.09. The van der Waals surface area contributed by atoms with E-state index < -0.39 is 25.9 Å². The highest BCUT2D eigenvalue weighted by atomic mass is 32.2. The summed E-state index contributed by atoms with van der Waals surface area (Å²) in [6.07, 6.45) is 0. The van der Waals surface area contributed by atoms with Crippen LogP contribution in [-0.2, 0) is 21.1 Å². The van der Waals surface area contributed by atoms with Crippen molar-refractivity contribution in [2.45, 2.75) is 18.4 Å². The molecule has 0 spiro atoms. The number of esters is 1. The maximum Gasteiger partial charge on any atom is 0.341 e. The molecule has 1 N–H and O–H groups in total. The highest BCUT2D eigenvalue weighted by Crippen LogP contribution is 2.18. The smallest absolute Gasteiger partial charge is 0.341 e. The number of nitrogens with one attached hydrogen (secondary N) is 1. The molecule has 26 heavy (non-hydrogen) atoms. The Labute approximate surface area is 149 Å². The number of nitrogens with zero attached hydrogens (tertiary/aromatic N) is 3. The van der Waals surface area contributed by atoms with E-state index in [2.05, 4.69) is 25.0 Å². The largest absolute Gasteiger partial charge is 0.467 e. The van der Waals surface area contributed by atoms with Crippen LogP contribution in [0, 0.1) is 6.92 Å². The van der Waals surface area contributed by atoms with Gasteiger partial charge in [0, 0.05) is 0 Å². The summed E-state index contributed by atoms with van der Waals surface area (Å²) in [5.41, 5.74) is -0.233. The van der Waals surface area contributed by atoms with Crippen molar-refractivity contribution < 1.29 is 27.5 Å². The van der Waals surface area contributed by atoms with Crippen LogP contribution in [0.5, 0.6) is 6.01 Å². The molecule has 1 heterocycles. The zero-order valence-electron chi connectivity index (χ0n) is 14.2. The summed E-state index contributed by atoms with van der Waals surface area (Å²) in [7, 11) is -1.99. The Bertz CT molecular complexity index is 945. The van der Waals surface area contributed by atoms with Gasteiger partial charge in [-0.25, -0.2) is 18.2 Å². The summed E-state index contributed by atoms with van der Waals surface area (Å²) in [6, 6.07) is 5.31. The minimum absolute atomic E-state index is 0.0423. The molecule has 2 rings (SSSR count). The number of hydrogen-bond acceptors (Lipinski definition) is 9. The summed E-state index contributed by atoms with van der Waals surface area (Å²) in [5.74, 6) is -0.394. The highest BCUT2D eigenvalue weighted by Gasteiger charge is 2.29. The van der Waals surface area contributed by atoms with E-state index in [1.165, 1.54) is 25.3 Å². The number of methoxy groups -OCH3 is 2. The fourth-order valence-electron chi connectivity index (χ4n) is 2.01. The Kier molecular flexibility index (Phi) is 5.82. The number of amides is 1. The molecule has 0 unspecified atom stereocenters. The third kappa shape index (κ3) is 4.11. The van der Waals surface area contributed by atoms with E-state index in [1.807, 2.05) is 0 Å². The van der Waals surface area contributed by atoms with E-state index in [9.17, 15) is 18.0 Å². The first-order valence-corrected chi connectivity index (χ1v) is 8.73. The van der Waals surface area contributed by atoms with Crippen LogP contribution >= 0.6 is 0 Å². The molecule has 0 aliphatic heterocycles. The fourth-order valence-corrected chi connectivity index (χ4v) is 3.17. The van der Waals surface area contributed by atoms with Gasteiger partial charge in [-0.2, -0.15) is 9.97 Å². The molecule has 1 amide bonds. The van der Waals surface area contributed by atoms with Crippen molar-refractivity contribution in [2.75, 3.05) is 14.2 Å². The van der Waals surface area contributed by atoms with Crippen LogP contribution in [0.4, 0.5) is 4.79 Å². The molecule has 0 saturated carbocycles. The van der Waals surface area contributed by atoms with E-state index >= 15 is 0 Å². The Hall–Kier alpha value is -3.08. The quantitative estimate of drug-likeness (QED) is 0.741. The van der Waals surface area contributed by atoms with Crippen LogP contribution in [0.15, 0.2) is 29.2 Å². The fraction of sp³-hybridized carbons (Fsp3) is 0.267. The van der Waals surface area contributed by atoms with Crippen molar-refractivity contribution in [3.63, 3.8) is 0 Å². The lowest BCUT2D eigenvalue weighted by Crippen LogP contribution is -2.31. The van der Waals surface area contributed by atoms with Gasteiger partial charge in [0.25, 0.3) is 9.84 Å². The van der Waals surface area contributed by atoms with Crippen molar-refractivity contribution in [1.29, 1.82) is 0 Å². The van der Waals surface area contributed by atoms with Gasteiger partial charge in [-0.3, -0.25) is 4.79 Å². The number of hydrogen-bond donors (Lipinski definition) is 1. The van der Waals surface area contributed by atoms with Crippen LogP contribution in [-0.4, -0.2) is 48.8 Å². The predicted molar refractivity (Wildman–Crippen MR) is 88.3 cm³/mol. The van der Waals surface area contributed by atoms with Crippen molar-refractivity contribution in [1.82, 2.24) is 20.3 Å². The number of aromatic nitrogens is 3. The molecule has 0 aliphatic carbocycles. The Morgan fingerprint density at radius 2 is 1.81 bits per heavy atom. The molecule has 0 aliphatic rings. The van der Waals surface area contributed by atoms with E-state index in [4.69, 9.17) is 4.74 Å². The number of carbonyl (C=O) groups is 2. The van der Waals surface area contributed by atoms with Gasteiger partial charge in [0.1, 0.15) is 5.82 Å². The van der Waals surface area contributed by atoms with Crippen LogP contribution < -0.4 is 10.1 Å². The van der Waals surface area contributed by atoms with Crippen molar-refractivity contribution >= 4 is 21.0 Å². The average Bonchev–Trinajstić information content (AvgIpc) is 2.64. The van der Waals surface area contributed by atoms with Gasteiger partial charge < -0.3 is 14.8 Å². The van der Waals surface area contributed by atoms with Gasteiger partial charge >= 0.3 is 17.2 Å². The summed E-state index contributed by atoms with van der Waals surface area (Å²) >= 11 is 0. The van der Waals surface area contributed by atoms with Crippen LogP contribution in [0.25, 0.3) is 0 Å². The zero-order valence-corrected chi connectivity index (χ0v) is 15.0. The highest BCUT2D eigenvalue weighted by molar-refractivity contribution is 8.06. The van der Waals surface area contributed by atoms with E-state index in [0.717, 1.165) is 13.2 Å². The summed E-state index contributed by atoms with van der Waals surface area (Å²) < 4.78 is 34.4. The van der Waals surface area contributed by atoms with Gasteiger partial charge in [-0.1, -0.05) is 12.1 Å². The van der Waals surface area contributed by atoms with Crippen LogP contribution in [0.1, 0.15) is 22.0 Å². The van der Waals surface area contributed by atoms with E-state index in [0.29, 0.717) is 5.82 Å². The molecule has 138 valence electrons. The normalized spacial score (nSPS) is 10.9. The molecule has 10 nitrogen and oxygen atoms in total. The van der Waals surface area contributed by atoms with Crippen LogP contribution in [0.2, 0.25) is 0 Å². The van der Waals surface area contributed by atoms with E-state index in [1.54, 1.807) is 6.92 Å². The summed E-state index contributed by atoms with van der Waals surface area (Å²) in [5, 5.41) is 0.913. The topological polar surface area (TPSA) is 137 Å². The maximum atomic E-state index is 12.5. The molecule has 2 aromatic rings. The van der Waals surface area contributed by atoms with Crippen molar-refractivity contribution in [2.24, 2.45) is 0 Å². The average molecular weight is 380 g/mol. The number of sulfone groups is 1. The van der Waals surface area contributed by atoms with Gasteiger partial charge in [0.2, 0.25) is 0 Å². The summed E-state index contributed by atoms with van der Waals surface area (Å²) in [4.78, 5) is 35.2. The number of ether oxygens (including phenoxy) is 2. The van der Waals surface area contributed by atoms with E-state index in [-0.39, 0.29) is 23.9 Å². The van der Waals surface area contributed by atoms with Crippen molar-refractivity contribution in [3.05, 3.63) is 41.5 Å².